The van der Waals surface area contributed by atoms with Gasteiger partial charge >= 0.3 is 0 Å². The summed E-state index contributed by atoms with van der Waals surface area (Å²) in [5.74, 6) is 1.24. The normalized spacial score (nSPS) is 10.9. The third-order valence-electron chi connectivity index (χ3n) is 5.56. The molecule has 0 amide bonds. The van der Waals surface area contributed by atoms with Crippen LogP contribution in [0.1, 0.15) is 0 Å². The summed E-state index contributed by atoms with van der Waals surface area (Å²) in [5.41, 5.74) is 0.924. The van der Waals surface area contributed by atoms with E-state index in [0.29, 0.717) is 23.0 Å². The van der Waals surface area contributed by atoms with E-state index in [1.807, 2.05) is 84.9 Å². The summed E-state index contributed by atoms with van der Waals surface area (Å²) in [4.78, 5) is 8.12. The number of aromatic hydroxyl groups is 2. The molecule has 0 aliphatic rings. The second-order valence-electron chi connectivity index (χ2n) is 8.08. The maximum Gasteiger partial charge on any atom is 0.174 e. The number of hydrogen-bond donors (Lipinski definition) is 2. The van der Waals surface area contributed by atoms with Crippen LogP contribution >= 0.6 is 0 Å². The molecule has 4 aromatic carbocycles. The van der Waals surface area contributed by atoms with E-state index >= 15 is 0 Å². The van der Waals surface area contributed by atoms with Crippen molar-refractivity contribution >= 4 is 44.6 Å². The number of phenols is 2. The molecule has 0 bridgehead atoms. The van der Waals surface area contributed by atoms with E-state index in [-0.39, 0.29) is 28.6 Å². The van der Waals surface area contributed by atoms with Gasteiger partial charge < -0.3 is 10.2 Å². The largest absolute Gasteiger partial charge is 0.506 e. The Morgan fingerprint density at radius 2 is 0.846 bits per heavy atom. The fourth-order valence-corrected chi connectivity index (χ4v) is 3.73. The summed E-state index contributed by atoms with van der Waals surface area (Å²) < 4.78 is 0. The molecule has 0 spiro atoms. The van der Waals surface area contributed by atoms with Gasteiger partial charge in [0.05, 0.1) is 0 Å². The number of hydrogen-bond acceptors (Lipinski definition) is 8. The molecule has 0 fully saturated rings. The molecule has 39 heavy (non-hydrogen) atoms. The minimum atomic E-state index is 0. The number of fused-ring (bicyclic) bond motifs is 2. The monoisotopic (exact) mass is 561 g/mol. The van der Waals surface area contributed by atoms with Crippen molar-refractivity contribution < 1.29 is 27.3 Å². The molecule has 0 aliphatic heterocycles. The first-order chi connectivity index (χ1) is 18.7. The van der Waals surface area contributed by atoms with Crippen LogP contribution in [0.2, 0.25) is 0 Å². The Balaban J connectivity index is 0.000000176. The van der Waals surface area contributed by atoms with Crippen LogP contribution in [0.25, 0.3) is 21.5 Å². The number of azo groups is 2. The van der Waals surface area contributed by atoms with Gasteiger partial charge in [0.15, 0.2) is 11.6 Å². The maximum absolute atomic E-state index is 9.91. The van der Waals surface area contributed by atoms with Crippen LogP contribution in [0.4, 0.5) is 23.0 Å². The smallest absolute Gasteiger partial charge is 0.174 e. The quantitative estimate of drug-likeness (QED) is 0.165. The Morgan fingerprint density at radius 1 is 0.436 bits per heavy atom. The third-order valence-corrected chi connectivity index (χ3v) is 5.56. The number of pyridine rings is 2. The summed E-state index contributed by atoms with van der Waals surface area (Å²) in [6.45, 7) is 0. The maximum atomic E-state index is 9.91. The molecule has 2 N–H and O–H groups in total. The molecular formula is C30H22CuN6O2. The van der Waals surface area contributed by atoms with E-state index < -0.39 is 0 Å². The van der Waals surface area contributed by atoms with Crippen molar-refractivity contribution in [3.63, 3.8) is 0 Å². The molecule has 6 aromatic rings. The summed E-state index contributed by atoms with van der Waals surface area (Å²) in [5, 5.41) is 39.9. The zero-order chi connectivity index (χ0) is 26.2. The van der Waals surface area contributed by atoms with Crippen molar-refractivity contribution in [3.05, 3.63) is 122 Å². The van der Waals surface area contributed by atoms with Crippen LogP contribution in [0.5, 0.6) is 11.5 Å². The minimum Gasteiger partial charge on any atom is -0.506 e. The number of aromatic nitrogens is 2. The van der Waals surface area contributed by atoms with Gasteiger partial charge in [-0.1, -0.05) is 72.8 Å². The van der Waals surface area contributed by atoms with Crippen molar-refractivity contribution in [3.8, 4) is 11.5 Å². The van der Waals surface area contributed by atoms with Gasteiger partial charge in [-0.25, -0.2) is 9.97 Å². The Labute approximate surface area is 234 Å². The average Bonchev–Trinajstić information content (AvgIpc) is 2.97. The van der Waals surface area contributed by atoms with Crippen LogP contribution in [-0.4, -0.2) is 20.2 Å². The molecule has 195 valence electrons. The van der Waals surface area contributed by atoms with Gasteiger partial charge in [0.25, 0.3) is 0 Å². The first-order valence-electron chi connectivity index (χ1n) is 11.8. The summed E-state index contributed by atoms with van der Waals surface area (Å²) in [6, 6.07) is 33.2. The molecule has 2 heterocycles. The molecule has 0 atom stereocenters. The minimum absolute atomic E-state index is 0. The van der Waals surface area contributed by atoms with Crippen molar-refractivity contribution in [2.75, 3.05) is 0 Å². The summed E-state index contributed by atoms with van der Waals surface area (Å²) in [6.07, 6.45) is 3.30. The van der Waals surface area contributed by atoms with Crippen LogP contribution in [0.3, 0.4) is 0 Å². The molecule has 2 aromatic heterocycles. The first-order valence-corrected chi connectivity index (χ1v) is 11.8. The van der Waals surface area contributed by atoms with E-state index in [2.05, 4.69) is 30.4 Å². The predicted molar refractivity (Wildman–Crippen MR) is 148 cm³/mol. The summed E-state index contributed by atoms with van der Waals surface area (Å²) >= 11 is 0. The fourth-order valence-electron chi connectivity index (χ4n) is 3.73. The molecule has 0 saturated heterocycles. The van der Waals surface area contributed by atoms with Gasteiger partial charge in [-0.2, -0.15) is 0 Å². The Morgan fingerprint density at radius 3 is 1.26 bits per heavy atom. The zero-order valence-electron chi connectivity index (χ0n) is 20.4. The van der Waals surface area contributed by atoms with E-state index in [9.17, 15) is 10.2 Å². The zero-order valence-corrected chi connectivity index (χ0v) is 21.4. The van der Waals surface area contributed by atoms with Gasteiger partial charge in [-0.3, -0.25) is 0 Å². The number of nitrogens with zero attached hydrogens (tertiary/aromatic N) is 6. The molecule has 1 radical (unpaired) electrons. The third kappa shape index (κ3) is 6.67. The average molecular weight is 562 g/mol. The Bertz CT molecular complexity index is 1610. The molecule has 6 rings (SSSR count). The van der Waals surface area contributed by atoms with E-state index in [0.717, 1.165) is 21.5 Å². The SMILES string of the molecule is Oc1ccc2ccccc2c1N=Nc1ccccn1.Oc1ccc2ccccc2c1N=Nc1ccccn1.[Cu]. The van der Waals surface area contributed by atoms with Crippen molar-refractivity contribution in [2.24, 2.45) is 20.5 Å². The second kappa shape index (κ2) is 13.0. The molecule has 0 saturated carbocycles. The van der Waals surface area contributed by atoms with Crippen molar-refractivity contribution in [1.29, 1.82) is 0 Å². The topological polar surface area (TPSA) is 116 Å². The van der Waals surface area contributed by atoms with Gasteiger partial charge in [0.1, 0.15) is 22.9 Å². The molecular weight excluding hydrogens is 540 g/mol. The van der Waals surface area contributed by atoms with Gasteiger partial charge in [0.2, 0.25) is 0 Å². The Kier molecular flexibility index (Phi) is 9.03. The molecule has 8 nitrogen and oxygen atoms in total. The van der Waals surface area contributed by atoms with Crippen molar-refractivity contribution in [1.82, 2.24) is 9.97 Å². The predicted octanol–water partition coefficient (Wildman–Crippen LogP) is 8.71. The van der Waals surface area contributed by atoms with Crippen LogP contribution in [-0.2, 0) is 17.1 Å². The Hall–Kier alpha value is -4.98. The first kappa shape index (κ1) is 27.1. The van der Waals surface area contributed by atoms with Gasteiger partial charge in [-0.05, 0) is 47.2 Å². The number of rotatable bonds is 4. The van der Waals surface area contributed by atoms with Gasteiger partial charge in [-0.15, -0.1) is 20.5 Å². The van der Waals surface area contributed by atoms with Gasteiger partial charge in [0, 0.05) is 40.2 Å². The second-order valence-corrected chi connectivity index (χ2v) is 8.08. The van der Waals surface area contributed by atoms with Crippen LogP contribution in [0, 0.1) is 0 Å². The van der Waals surface area contributed by atoms with Crippen LogP contribution in [0.15, 0.2) is 142 Å². The molecule has 0 aliphatic carbocycles. The van der Waals surface area contributed by atoms with E-state index in [1.165, 1.54) is 0 Å². The van der Waals surface area contributed by atoms with Crippen LogP contribution < -0.4 is 0 Å². The van der Waals surface area contributed by atoms with E-state index in [1.54, 1.807) is 36.7 Å². The van der Waals surface area contributed by atoms with E-state index in [4.69, 9.17) is 0 Å². The number of phenolic OH excluding ortho intramolecular Hbond substituents is 2. The standard InChI is InChI=1S/2C15H11N3O.Cu/c2*19-13-9-8-11-5-1-2-6-12(11)15(13)18-17-14-7-3-4-10-16-14;/h2*1-10,19H;. The summed E-state index contributed by atoms with van der Waals surface area (Å²) in [7, 11) is 0. The van der Waals surface area contributed by atoms with Crippen molar-refractivity contribution in [2.45, 2.75) is 0 Å². The molecule has 0 unspecified atom stereocenters. The number of benzene rings is 4. The fraction of sp³-hybridized carbons (Fsp3) is 0. The molecule has 9 heteroatoms.